The van der Waals surface area contributed by atoms with Gasteiger partial charge in [-0.25, -0.2) is 13.8 Å². The zero-order valence-corrected chi connectivity index (χ0v) is 25.5. The molecule has 0 aliphatic heterocycles. The second-order valence-corrected chi connectivity index (χ2v) is 13.0. The SMILES string of the molecule is CCOc1cc(/C=N\NC(=O)[C@@H](CC(C)C)NS(=O)(=O)c2ccc(C)cc2)ccc1OS(=O)(=O)c1ccc([N+](=O)[O-])cc1. The highest BCUT2D eigenvalue weighted by atomic mass is 32.2. The molecular formula is C28H32N4O9S2. The minimum absolute atomic E-state index is 0.0102. The van der Waals surface area contributed by atoms with Crippen molar-refractivity contribution in [3.05, 3.63) is 88.0 Å². The van der Waals surface area contributed by atoms with Crippen LogP contribution in [0, 0.1) is 23.0 Å². The fraction of sp³-hybridized carbons (Fsp3) is 0.286. The molecule has 0 unspecified atom stereocenters. The first-order chi connectivity index (χ1) is 20.2. The Hall–Kier alpha value is -4.34. The van der Waals surface area contributed by atoms with E-state index in [1.165, 1.54) is 36.5 Å². The normalized spacial score (nSPS) is 12.7. The molecule has 0 fully saturated rings. The lowest BCUT2D eigenvalue weighted by Crippen LogP contribution is -2.46. The molecule has 0 saturated heterocycles. The van der Waals surface area contributed by atoms with Crippen molar-refractivity contribution in [1.82, 2.24) is 10.1 Å². The molecule has 0 spiro atoms. The summed E-state index contributed by atoms with van der Waals surface area (Å²) in [5.41, 5.74) is 3.37. The number of nitro benzene ring substituents is 1. The quantitative estimate of drug-likeness (QED) is 0.115. The summed E-state index contributed by atoms with van der Waals surface area (Å²) < 4.78 is 64.4. The number of hydrogen-bond donors (Lipinski definition) is 2. The van der Waals surface area contributed by atoms with Gasteiger partial charge in [0.2, 0.25) is 10.0 Å². The van der Waals surface area contributed by atoms with Crippen LogP contribution in [-0.4, -0.2) is 46.5 Å². The molecule has 43 heavy (non-hydrogen) atoms. The fourth-order valence-electron chi connectivity index (χ4n) is 3.74. The average Bonchev–Trinajstić information content (AvgIpc) is 2.94. The average molecular weight is 633 g/mol. The minimum atomic E-state index is -4.34. The third-order valence-electron chi connectivity index (χ3n) is 5.84. The predicted molar refractivity (Wildman–Crippen MR) is 159 cm³/mol. The number of amides is 1. The van der Waals surface area contributed by atoms with E-state index in [9.17, 15) is 31.7 Å². The van der Waals surface area contributed by atoms with E-state index in [0.717, 1.165) is 29.8 Å². The van der Waals surface area contributed by atoms with Gasteiger partial charge in [-0.2, -0.15) is 18.2 Å². The fourth-order valence-corrected chi connectivity index (χ4v) is 5.89. The molecule has 0 heterocycles. The Balaban J connectivity index is 1.75. The summed E-state index contributed by atoms with van der Waals surface area (Å²) in [5, 5.41) is 14.8. The van der Waals surface area contributed by atoms with Gasteiger partial charge in [0, 0.05) is 12.1 Å². The van der Waals surface area contributed by atoms with Gasteiger partial charge >= 0.3 is 10.1 Å². The monoisotopic (exact) mass is 632 g/mol. The first kappa shape index (κ1) is 33.2. The van der Waals surface area contributed by atoms with Crippen molar-refractivity contribution in [2.75, 3.05) is 6.61 Å². The van der Waals surface area contributed by atoms with Gasteiger partial charge in [-0.05, 0) is 74.2 Å². The van der Waals surface area contributed by atoms with Gasteiger partial charge < -0.3 is 8.92 Å². The van der Waals surface area contributed by atoms with Gasteiger partial charge in [-0.15, -0.1) is 0 Å². The summed E-state index contributed by atoms with van der Waals surface area (Å²) in [4.78, 5) is 22.9. The lowest BCUT2D eigenvalue weighted by atomic mass is 10.0. The zero-order valence-electron chi connectivity index (χ0n) is 23.9. The van der Waals surface area contributed by atoms with Crippen LogP contribution < -0.4 is 19.1 Å². The van der Waals surface area contributed by atoms with Gasteiger partial charge in [0.15, 0.2) is 11.5 Å². The number of hydrogen-bond acceptors (Lipinski definition) is 10. The Labute approximate surface area is 250 Å². The first-order valence-electron chi connectivity index (χ1n) is 13.1. The van der Waals surface area contributed by atoms with Gasteiger partial charge in [0.05, 0.1) is 22.6 Å². The Kier molecular flexibility index (Phi) is 11.0. The molecule has 230 valence electrons. The summed E-state index contributed by atoms with van der Waals surface area (Å²) >= 11 is 0. The maximum absolute atomic E-state index is 12.9. The van der Waals surface area contributed by atoms with Gasteiger partial charge in [0.25, 0.3) is 11.6 Å². The molecule has 13 nitrogen and oxygen atoms in total. The third kappa shape index (κ3) is 9.33. The maximum atomic E-state index is 12.9. The second-order valence-electron chi connectivity index (χ2n) is 9.78. The van der Waals surface area contributed by atoms with E-state index >= 15 is 0 Å². The molecule has 15 heteroatoms. The number of ether oxygens (including phenoxy) is 1. The smallest absolute Gasteiger partial charge is 0.339 e. The van der Waals surface area contributed by atoms with E-state index in [1.807, 2.05) is 20.8 Å². The number of rotatable bonds is 14. The molecule has 3 aromatic rings. The van der Waals surface area contributed by atoms with E-state index in [-0.39, 0.29) is 45.9 Å². The number of carbonyl (C=O) groups is 1. The standard InChI is InChI=1S/C28H32N4O9S2/c1-5-40-27-17-21(8-15-26(27)41-43(38,39)24-13-9-22(10-14-24)32(34)35)18-29-30-28(33)25(16-19(2)3)31-42(36,37)23-11-6-20(4)7-12-23/h6-15,17-19,25,31H,5,16H2,1-4H3,(H,30,33)/b29-18-/t25-/m1/s1. The minimum Gasteiger partial charge on any atom is -0.490 e. The highest BCUT2D eigenvalue weighted by Gasteiger charge is 2.26. The number of carbonyl (C=O) groups excluding carboxylic acids is 1. The van der Waals surface area contributed by atoms with Crippen molar-refractivity contribution in [3.8, 4) is 11.5 Å². The van der Waals surface area contributed by atoms with Crippen LogP contribution in [0.3, 0.4) is 0 Å². The lowest BCUT2D eigenvalue weighted by molar-refractivity contribution is -0.384. The molecule has 0 bridgehead atoms. The summed E-state index contributed by atoms with van der Waals surface area (Å²) in [6.07, 6.45) is 1.49. The van der Waals surface area contributed by atoms with Gasteiger partial charge in [0.1, 0.15) is 10.9 Å². The summed E-state index contributed by atoms with van der Waals surface area (Å²) in [7, 11) is -8.32. The second kappa shape index (κ2) is 14.2. The maximum Gasteiger partial charge on any atom is 0.339 e. The number of nitrogens with zero attached hydrogens (tertiary/aromatic N) is 2. The van der Waals surface area contributed by atoms with E-state index in [1.54, 1.807) is 19.1 Å². The highest BCUT2D eigenvalue weighted by Crippen LogP contribution is 2.31. The first-order valence-corrected chi connectivity index (χ1v) is 16.0. The van der Waals surface area contributed by atoms with Crippen molar-refractivity contribution in [2.45, 2.75) is 49.9 Å². The molecule has 1 atom stereocenters. The van der Waals surface area contributed by atoms with Crippen LogP contribution in [0.25, 0.3) is 0 Å². The number of aryl methyl sites for hydroxylation is 1. The zero-order chi connectivity index (χ0) is 31.8. The number of hydrazone groups is 1. The molecular weight excluding hydrogens is 600 g/mol. The number of nitro groups is 1. The predicted octanol–water partition coefficient (Wildman–Crippen LogP) is 3.91. The number of nitrogens with one attached hydrogen (secondary N) is 2. The van der Waals surface area contributed by atoms with Crippen LogP contribution in [0.15, 0.2) is 81.6 Å². The van der Waals surface area contributed by atoms with Crippen LogP contribution in [0.4, 0.5) is 5.69 Å². The molecule has 1 amide bonds. The van der Waals surface area contributed by atoms with Crippen LogP contribution in [0.5, 0.6) is 11.5 Å². The highest BCUT2D eigenvalue weighted by molar-refractivity contribution is 7.89. The summed E-state index contributed by atoms with van der Waals surface area (Å²) in [6, 6.07) is 13.6. The van der Waals surface area contributed by atoms with Crippen molar-refractivity contribution in [2.24, 2.45) is 11.0 Å². The Morgan fingerprint density at radius 3 is 2.19 bits per heavy atom. The molecule has 0 aliphatic rings. The molecule has 0 radical (unpaired) electrons. The number of sulfonamides is 1. The van der Waals surface area contributed by atoms with Crippen LogP contribution in [0.1, 0.15) is 38.3 Å². The Morgan fingerprint density at radius 1 is 0.977 bits per heavy atom. The summed E-state index contributed by atoms with van der Waals surface area (Å²) in [6.45, 7) is 7.39. The topological polar surface area (TPSA) is 183 Å². The largest absolute Gasteiger partial charge is 0.490 e. The van der Waals surface area contributed by atoms with Crippen molar-refractivity contribution in [3.63, 3.8) is 0 Å². The van der Waals surface area contributed by atoms with Gasteiger partial charge in [-0.1, -0.05) is 31.5 Å². The van der Waals surface area contributed by atoms with Gasteiger partial charge in [-0.3, -0.25) is 14.9 Å². The van der Waals surface area contributed by atoms with Crippen molar-refractivity contribution in [1.29, 1.82) is 0 Å². The van der Waals surface area contributed by atoms with E-state index < -0.39 is 37.0 Å². The lowest BCUT2D eigenvalue weighted by Gasteiger charge is -2.19. The molecule has 0 aromatic heterocycles. The molecule has 0 aliphatic carbocycles. The third-order valence-corrected chi connectivity index (χ3v) is 8.58. The van der Waals surface area contributed by atoms with Crippen molar-refractivity contribution >= 4 is 38.0 Å². The number of benzene rings is 3. The van der Waals surface area contributed by atoms with Crippen molar-refractivity contribution < 1.29 is 35.5 Å². The summed E-state index contributed by atoms with van der Waals surface area (Å²) in [5.74, 6) is -0.750. The Bertz CT molecular complexity index is 1690. The van der Waals surface area contributed by atoms with E-state index in [4.69, 9.17) is 8.92 Å². The molecule has 3 aromatic carbocycles. The molecule has 2 N–H and O–H groups in total. The van der Waals surface area contributed by atoms with Crippen LogP contribution in [0.2, 0.25) is 0 Å². The number of non-ortho nitro benzene ring substituents is 1. The molecule has 3 rings (SSSR count). The van der Waals surface area contributed by atoms with E-state index in [2.05, 4.69) is 15.2 Å². The molecule has 0 saturated carbocycles. The van der Waals surface area contributed by atoms with Crippen LogP contribution >= 0.6 is 0 Å². The Morgan fingerprint density at radius 2 is 1.60 bits per heavy atom. The van der Waals surface area contributed by atoms with E-state index in [0.29, 0.717) is 5.56 Å². The van der Waals surface area contributed by atoms with Crippen LogP contribution in [-0.2, 0) is 24.9 Å².